The molecule has 158 valence electrons. The molecule has 1 unspecified atom stereocenters. The largest absolute Gasteiger partial charge is 0.341 e. The van der Waals surface area contributed by atoms with E-state index in [0.717, 1.165) is 0 Å². The van der Waals surface area contributed by atoms with Crippen LogP contribution in [-0.4, -0.2) is 38.6 Å². The number of benzene rings is 2. The van der Waals surface area contributed by atoms with Crippen LogP contribution in [0.3, 0.4) is 0 Å². The van der Waals surface area contributed by atoms with Crippen molar-refractivity contribution in [3.8, 4) is 6.07 Å². The van der Waals surface area contributed by atoms with Crippen LogP contribution in [0.15, 0.2) is 42.5 Å². The first-order valence-electron chi connectivity index (χ1n) is 8.47. The third kappa shape index (κ3) is 6.31. The lowest BCUT2D eigenvalue weighted by Gasteiger charge is -2.18. The molecule has 7 nitrogen and oxygen atoms in total. The molecular formula is C19H16F3N3O4S. The van der Waals surface area contributed by atoms with Crippen molar-refractivity contribution in [2.75, 3.05) is 12.3 Å². The second-order valence-corrected chi connectivity index (χ2v) is 8.28. The molecule has 2 rings (SSSR count). The summed E-state index contributed by atoms with van der Waals surface area (Å²) in [7, 11) is -4.35. The van der Waals surface area contributed by atoms with Gasteiger partial charge in [-0.15, -0.1) is 0 Å². The molecule has 11 heteroatoms. The summed E-state index contributed by atoms with van der Waals surface area (Å²) in [6.07, 6.45) is 0. The van der Waals surface area contributed by atoms with Gasteiger partial charge in [-0.3, -0.25) is 9.59 Å². The van der Waals surface area contributed by atoms with Gasteiger partial charge in [0.1, 0.15) is 30.0 Å². The Morgan fingerprint density at radius 2 is 1.67 bits per heavy atom. The molecule has 0 spiro atoms. The molecule has 2 amide bonds. The van der Waals surface area contributed by atoms with E-state index in [9.17, 15) is 31.2 Å². The molecular weight excluding hydrogens is 423 g/mol. The Bertz CT molecular complexity index is 1060. The fourth-order valence-electron chi connectivity index (χ4n) is 2.51. The van der Waals surface area contributed by atoms with Gasteiger partial charge in [0.25, 0.3) is 5.91 Å². The van der Waals surface area contributed by atoms with Gasteiger partial charge in [0, 0.05) is 23.3 Å². The van der Waals surface area contributed by atoms with Crippen molar-refractivity contribution in [1.29, 1.82) is 5.26 Å². The van der Waals surface area contributed by atoms with Crippen LogP contribution in [0.4, 0.5) is 13.2 Å². The number of sulfone groups is 1. The zero-order valence-corrected chi connectivity index (χ0v) is 16.2. The summed E-state index contributed by atoms with van der Waals surface area (Å²) in [5.74, 6) is -7.89. The minimum Gasteiger partial charge on any atom is -0.341 e. The third-order valence-corrected chi connectivity index (χ3v) is 5.46. The minimum absolute atomic E-state index is 0.142. The van der Waals surface area contributed by atoms with E-state index in [1.165, 1.54) is 12.1 Å². The fraction of sp³-hybridized carbons (Fsp3) is 0.211. The molecule has 0 heterocycles. The molecule has 2 aromatic rings. The van der Waals surface area contributed by atoms with E-state index in [1.54, 1.807) is 24.3 Å². The molecule has 0 aliphatic heterocycles. The molecule has 2 aromatic carbocycles. The molecule has 0 saturated heterocycles. The SMILES string of the molecule is N#CCNC(=O)C(CS(=O)(=O)Cc1c(F)cc(F)cc1F)NC(=O)c1ccccc1. The van der Waals surface area contributed by atoms with Crippen molar-refractivity contribution >= 4 is 21.7 Å². The molecule has 0 aromatic heterocycles. The monoisotopic (exact) mass is 439 g/mol. The maximum absolute atomic E-state index is 13.8. The Morgan fingerprint density at radius 3 is 2.23 bits per heavy atom. The highest BCUT2D eigenvalue weighted by atomic mass is 32.2. The van der Waals surface area contributed by atoms with Gasteiger partial charge in [0.15, 0.2) is 9.84 Å². The third-order valence-electron chi connectivity index (χ3n) is 3.89. The van der Waals surface area contributed by atoms with Crippen LogP contribution in [0.1, 0.15) is 15.9 Å². The van der Waals surface area contributed by atoms with E-state index in [-0.39, 0.29) is 5.56 Å². The maximum Gasteiger partial charge on any atom is 0.251 e. The fourth-order valence-corrected chi connectivity index (χ4v) is 4.08. The van der Waals surface area contributed by atoms with Crippen molar-refractivity contribution in [2.24, 2.45) is 0 Å². The summed E-state index contributed by atoms with van der Waals surface area (Å²) >= 11 is 0. The number of halogens is 3. The molecule has 0 bridgehead atoms. The normalized spacial score (nSPS) is 11.9. The van der Waals surface area contributed by atoms with Crippen LogP contribution in [0.2, 0.25) is 0 Å². The predicted molar refractivity (Wildman–Crippen MR) is 100 cm³/mol. The first kappa shape index (κ1) is 22.9. The summed E-state index contributed by atoms with van der Waals surface area (Å²) in [6, 6.07) is 8.27. The first-order chi connectivity index (χ1) is 14.1. The average molecular weight is 439 g/mol. The second kappa shape index (κ2) is 9.89. The number of hydrogen-bond acceptors (Lipinski definition) is 5. The van der Waals surface area contributed by atoms with Gasteiger partial charge in [-0.2, -0.15) is 5.26 Å². The highest BCUT2D eigenvalue weighted by molar-refractivity contribution is 7.90. The van der Waals surface area contributed by atoms with Crippen LogP contribution in [-0.2, 0) is 20.4 Å². The van der Waals surface area contributed by atoms with E-state index >= 15 is 0 Å². The number of nitrogens with one attached hydrogen (secondary N) is 2. The van der Waals surface area contributed by atoms with E-state index < -0.39 is 68.8 Å². The van der Waals surface area contributed by atoms with Gasteiger partial charge in [-0.05, 0) is 12.1 Å². The standard InChI is InChI=1S/C19H16F3N3O4S/c20-13-8-15(21)14(16(22)9-13)10-30(28,29)11-17(19(27)24-7-6-23)25-18(26)12-4-2-1-3-5-12/h1-5,8-9,17H,7,10-11H2,(H,24,27)(H,25,26). The van der Waals surface area contributed by atoms with Gasteiger partial charge in [0.05, 0.1) is 17.6 Å². The van der Waals surface area contributed by atoms with Crippen LogP contribution >= 0.6 is 0 Å². The molecule has 0 fully saturated rings. The molecule has 0 saturated carbocycles. The highest BCUT2D eigenvalue weighted by Gasteiger charge is 2.29. The molecule has 2 N–H and O–H groups in total. The van der Waals surface area contributed by atoms with Gasteiger partial charge >= 0.3 is 0 Å². The number of nitrogens with zero attached hydrogens (tertiary/aromatic N) is 1. The lowest BCUT2D eigenvalue weighted by Crippen LogP contribution is -2.50. The Kier molecular flexibility index (Phi) is 7.54. The number of carbonyl (C=O) groups excluding carboxylic acids is 2. The lowest BCUT2D eigenvalue weighted by atomic mass is 10.2. The van der Waals surface area contributed by atoms with Gasteiger partial charge in [0.2, 0.25) is 5.91 Å². The zero-order chi connectivity index (χ0) is 22.3. The van der Waals surface area contributed by atoms with Crippen LogP contribution in [0.5, 0.6) is 0 Å². The van der Waals surface area contributed by atoms with E-state index in [0.29, 0.717) is 12.1 Å². The van der Waals surface area contributed by atoms with Crippen LogP contribution in [0.25, 0.3) is 0 Å². The smallest absolute Gasteiger partial charge is 0.251 e. The van der Waals surface area contributed by atoms with Crippen LogP contribution < -0.4 is 10.6 Å². The highest BCUT2D eigenvalue weighted by Crippen LogP contribution is 2.18. The summed E-state index contributed by atoms with van der Waals surface area (Å²) in [6.45, 7) is -0.447. The van der Waals surface area contributed by atoms with Crippen LogP contribution in [0, 0.1) is 28.8 Å². The number of amides is 2. The lowest BCUT2D eigenvalue weighted by molar-refractivity contribution is -0.122. The van der Waals surface area contributed by atoms with E-state index in [1.807, 2.05) is 0 Å². The predicted octanol–water partition coefficient (Wildman–Crippen LogP) is 1.46. The Balaban J connectivity index is 2.24. The average Bonchev–Trinajstić information content (AvgIpc) is 2.68. The summed E-state index contributed by atoms with van der Waals surface area (Å²) in [5.41, 5.74) is -0.745. The van der Waals surface area contributed by atoms with Crippen molar-refractivity contribution in [3.05, 3.63) is 71.0 Å². The van der Waals surface area contributed by atoms with Crippen molar-refractivity contribution in [1.82, 2.24) is 10.6 Å². The first-order valence-corrected chi connectivity index (χ1v) is 10.3. The topological polar surface area (TPSA) is 116 Å². The Hall–Kier alpha value is -3.39. The summed E-state index contributed by atoms with van der Waals surface area (Å²) < 4.78 is 65.6. The quantitative estimate of drug-likeness (QED) is 0.604. The van der Waals surface area contributed by atoms with Gasteiger partial charge in [-0.25, -0.2) is 21.6 Å². The minimum atomic E-state index is -4.35. The molecule has 0 aliphatic carbocycles. The van der Waals surface area contributed by atoms with Gasteiger partial charge in [-0.1, -0.05) is 18.2 Å². The van der Waals surface area contributed by atoms with Crippen molar-refractivity contribution in [3.63, 3.8) is 0 Å². The zero-order valence-electron chi connectivity index (χ0n) is 15.4. The van der Waals surface area contributed by atoms with Crippen molar-refractivity contribution in [2.45, 2.75) is 11.8 Å². The number of nitriles is 1. The van der Waals surface area contributed by atoms with E-state index in [2.05, 4.69) is 10.6 Å². The van der Waals surface area contributed by atoms with Crippen molar-refractivity contribution < 1.29 is 31.2 Å². The van der Waals surface area contributed by atoms with E-state index in [4.69, 9.17) is 5.26 Å². The number of hydrogen-bond donors (Lipinski definition) is 2. The summed E-state index contributed by atoms with van der Waals surface area (Å²) in [5, 5.41) is 12.9. The molecule has 1 atom stereocenters. The Labute approximate surface area is 170 Å². The number of rotatable bonds is 8. The number of carbonyl (C=O) groups is 2. The Morgan fingerprint density at radius 1 is 1.07 bits per heavy atom. The maximum atomic E-state index is 13.8. The second-order valence-electron chi connectivity index (χ2n) is 6.17. The summed E-state index contributed by atoms with van der Waals surface area (Å²) in [4.78, 5) is 24.5. The molecule has 30 heavy (non-hydrogen) atoms. The van der Waals surface area contributed by atoms with Gasteiger partial charge < -0.3 is 10.6 Å². The molecule has 0 radical (unpaired) electrons. The molecule has 0 aliphatic rings.